The highest BCUT2D eigenvalue weighted by Crippen LogP contribution is 2.42. The van der Waals surface area contributed by atoms with Gasteiger partial charge in [-0.2, -0.15) is 5.26 Å². The smallest absolute Gasteiger partial charge is 0.238 e. The highest BCUT2D eigenvalue weighted by molar-refractivity contribution is 5.90. The van der Waals surface area contributed by atoms with Crippen LogP contribution in [0.15, 0.2) is 149 Å². The standard InChI is InChI=1S/C37H26N2O2/c38-24-34-35(31-14-8-3-9-15-31)36(32-20-18-30(19-21-32)29-12-6-2-7-13-29)41-37(34)39-25-27-16-22-33(23-17-27)40-26-28-10-4-1-5-11-28/h1-23,25H,26H2. The van der Waals surface area contributed by atoms with Crippen LogP contribution in [0.4, 0.5) is 5.88 Å². The van der Waals surface area contributed by atoms with Gasteiger partial charge in [0.15, 0.2) is 0 Å². The van der Waals surface area contributed by atoms with Gasteiger partial charge in [-0.05, 0) is 52.1 Å². The maximum absolute atomic E-state index is 10.2. The van der Waals surface area contributed by atoms with Gasteiger partial charge in [0.2, 0.25) is 5.88 Å². The van der Waals surface area contributed by atoms with E-state index in [9.17, 15) is 5.26 Å². The van der Waals surface area contributed by atoms with E-state index >= 15 is 0 Å². The van der Waals surface area contributed by atoms with Gasteiger partial charge in [0.1, 0.15) is 29.7 Å². The average molecular weight is 531 g/mol. The highest BCUT2D eigenvalue weighted by Gasteiger charge is 2.22. The summed E-state index contributed by atoms with van der Waals surface area (Å²) in [6.07, 6.45) is 1.71. The molecule has 0 bridgehead atoms. The Labute approximate surface area is 239 Å². The van der Waals surface area contributed by atoms with Crippen LogP contribution in [-0.2, 0) is 6.61 Å². The minimum Gasteiger partial charge on any atom is -0.489 e. The summed E-state index contributed by atoms with van der Waals surface area (Å²) >= 11 is 0. The molecule has 0 N–H and O–H groups in total. The normalized spacial score (nSPS) is 10.9. The molecule has 0 amide bonds. The summed E-state index contributed by atoms with van der Waals surface area (Å²) in [6.45, 7) is 0.504. The zero-order valence-electron chi connectivity index (χ0n) is 22.3. The SMILES string of the molecule is N#Cc1c(N=Cc2ccc(OCc3ccccc3)cc2)oc(-c2ccc(-c3ccccc3)cc2)c1-c1ccccc1. The molecule has 0 saturated carbocycles. The van der Waals surface area contributed by atoms with E-state index in [4.69, 9.17) is 9.15 Å². The van der Waals surface area contributed by atoms with E-state index < -0.39 is 0 Å². The van der Waals surface area contributed by atoms with E-state index in [1.165, 1.54) is 0 Å². The third kappa shape index (κ3) is 5.85. The van der Waals surface area contributed by atoms with E-state index in [0.29, 0.717) is 17.9 Å². The second-order valence-corrected chi connectivity index (χ2v) is 9.51. The third-order valence-electron chi connectivity index (χ3n) is 6.78. The summed E-state index contributed by atoms with van der Waals surface area (Å²) in [5.74, 6) is 1.66. The lowest BCUT2D eigenvalue weighted by molar-refractivity contribution is 0.306. The number of aliphatic imine (C=N–C) groups is 1. The first-order chi connectivity index (χ1) is 20.3. The number of hydrogen-bond donors (Lipinski definition) is 0. The number of nitriles is 1. The van der Waals surface area contributed by atoms with Gasteiger partial charge < -0.3 is 9.15 Å². The van der Waals surface area contributed by atoms with Crippen LogP contribution in [0.3, 0.4) is 0 Å². The lowest BCUT2D eigenvalue weighted by Gasteiger charge is -2.06. The second-order valence-electron chi connectivity index (χ2n) is 9.51. The molecule has 0 aliphatic rings. The molecule has 41 heavy (non-hydrogen) atoms. The maximum atomic E-state index is 10.2. The quantitative estimate of drug-likeness (QED) is 0.184. The summed E-state index contributed by atoms with van der Waals surface area (Å²) in [4.78, 5) is 4.61. The summed E-state index contributed by atoms with van der Waals surface area (Å²) in [5.41, 5.74) is 7.14. The highest BCUT2D eigenvalue weighted by atomic mass is 16.5. The van der Waals surface area contributed by atoms with Crippen molar-refractivity contribution in [2.45, 2.75) is 6.61 Å². The van der Waals surface area contributed by atoms with Crippen molar-refractivity contribution < 1.29 is 9.15 Å². The zero-order valence-corrected chi connectivity index (χ0v) is 22.3. The molecular weight excluding hydrogens is 504 g/mol. The van der Waals surface area contributed by atoms with E-state index in [-0.39, 0.29) is 5.88 Å². The molecule has 196 valence electrons. The fourth-order valence-corrected chi connectivity index (χ4v) is 4.67. The van der Waals surface area contributed by atoms with Crippen LogP contribution >= 0.6 is 0 Å². The third-order valence-corrected chi connectivity index (χ3v) is 6.78. The molecular formula is C37H26N2O2. The molecule has 0 fully saturated rings. The topological polar surface area (TPSA) is 58.5 Å². The van der Waals surface area contributed by atoms with E-state index in [2.05, 4.69) is 35.3 Å². The lowest BCUT2D eigenvalue weighted by Crippen LogP contribution is -1.94. The summed E-state index contributed by atoms with van der Waals surface area (Å²) < 4.78 is 12.2. The summed E-state index contributed by atoms with van der Waals surface area (Å²) in [5, 5.41) is 10.2. The van der Waals surface area contributed by atoms with Crippen molar-refractivity contribution in [1.82, 2.24) is 0 Å². The fraction of sp³-hybridized carbons (Fsp3) is 0.0270. The molecule has 5 aromatic carbocycles. The summed E-state index contributed by atoms with van der Waals surface area (Å²) in [7, 11) is 0. The molecule has 0 saturated heterocycles. The van der Waals surface area contributed by atoms with Gasteiger partial charge in [0, 0.05) is 17.3 Å². The van der Waals surface area contributed by atoms with Gasteiger partial charge in [0.05, 0.1) is 0 Å². The fourth-order valence-electron chi connectivity index (χ4n) is 4.67. The van der Waals surface area contributed by atoms with Gasteiger partial charge >= 0.3 is 0 Å². The predicted molar refractivity (Wildman–Crippen MR) is 164 cm³/mol. The number of furan rings is 1. The van der Waals surface area contributed by atoms with Gasteiger partial charge in [-0.1, -0.05) is 115 Å². The number of nitrogens with zero attached hydrogens (tertiary/aromatic N) is 2. The molecule has 4 nitrogen and oxygen atoms in total. The lowest BCUT2D eigenvalue weighted by atomic mass is 9.97. The van der Waals surface area contributed by atoms with Crippen LogP contribution < -0.4 is 4.74 Å². The van der Waals surface area contributed by atoms with Crippen molar-refractivity contribution in [3.05, 3.63) is 156 Å². The number of ether oxygens (including phenoxy) is 1. The Balaban J connectivity index is 1.30. The van der Waals surface area contributed by atoms with Crippen LogP contribution in [0.2, 0.25) is 0 Å². The van der Waals surface area contributed by atoms with Crippen molar-refractivity contribution in [1.29, 1.82) is 5.26 Å². The van der Waals surface area contributed by atoms with Gasteiger partial charge in [-0.15, -0.1) is 0 Å². The van der Waals surface area contributed by atoms with Crippen molar-refractivity contribution >= 4 is 12.1 Å². The largest absolute Gasteiger partial charge is 0.489 e. The Hall–Kier alpha value is -5.66. The second kappa shape index (κ2) is 12.0. The molecule has 6 aromatic rings. The first-order valence-corrected chi connectivity index (χ1v) is 13.4. The molecule has 0 aliphatic heterocycles. The Bertz CT molecular complexity index is 1800. The van der Waals surface area contributed by atoms with Crippen molar-refractivity contribution in [3.8, 4) is 45.4 Å². The number of rotatable bonds is 8. The van der Waals surface area contributed by atoms with Crippen LogP contribution in [0, 0.1) is 11.3 Å². The monoisotopic (exact) mass is 530 g/mol. The van der Waals surface area contributed by atoms with E-state index in [1.54, 1.807) is 6.21 Å². The van der Waals surface area contributed by atoms with E-state index in [0.717, 1.165) is 44.7 Å². The maximum Gasteiger partial charge on any atom is 0.238 e. The van der Waals surface area contributed by atoms with Gasteiger partial charge in [-0.3, -0.25) is 0 Å². The molecule has 0 unspecified atom stereocenters. The Morgan fingerprint density at radius 1 is 0.634 bits per heavy atom. The van der Waals surface area contributed by atoms with Crippen LogP contribution in [0.5, 0.6) is 5.75 Å². The van der Waals surface area contributed by atoms with E-state index in [1.807, 2.05) is 115 Å². The van der Waals surface area contributed by atoms with Crippen LogP contribution in [-0.4, -0.2) is 6.21 Å². The molecule has 0 radical (unpaired) electrons. The zero-order chi connectivity index (χ0) is 27.9. The van der Waals surface area contributed by atoms with Crippen molar-refractivity contribution in [2.75, 3.05) is 0 Å². The van der Waals surface area contributed by atoms with Crippen LogP contribution in [0.1, 0.15) is 16.7 Å². The minimum absolute atomic E-state index is 0.276. The Morgan fingerprint density at radius 3 is 1.83 bits per heavy atom. The van der Waals surface area contributed by atoms with Crippen molar-refractivity contribution in [3.63, 3.8) is 0 Å². The van der Waals surface area contributed by atoms with Crippen LogP contribution in [0.25, 0.3) is 33.6 Å². The predicted octanol–water partition coefficient (Wildman–Crippen LogP) is 9.48. The average Bonchev–Trinajstić information content (AvgIpc) is 3.43. The molecule has 1 aromatic heterocycles. The minimum atomic E-state index is 0.276. The summed E-state index contributed by atoms with van der Waals surface area (Å²) in [6, 6.07) is 48.3. The molecule has 4 heteroatoms. The molecule has 0 atom stereocenters. The van der Waals surface area contributed by atoms with Gasteiger partial charge in [-0.25, -0.2) is 4.99 Å². The molecule has 6 rings (SSSR count). The number of hydrogen-bond acceptors (Lipinski definition) is 4. The molecule has 0 aliphatic carbocycles. The Kier molecular flexibility index (Phi) is 7.51. The van der Waals surface area contributed by atoms with Gasteiger partial charge in [0.25, 0.3) is 0 Å². The first-order valence-electron chi connectivity index (χ1n) is 13.4. The van der Waals surface area contributed by atoms with Crippen molar-refractivity contribution in [2.24, 2.45) is 4.99 Å². The first kappa shape index (κ1) is 25.6. The molecule has 1 heterocycles. The Morgan fingerprint density at radius 2 is 1.20 bits per heavy atom. The molecule has 0 spiro atoms. The number of benzene rings is 5.